The third kappa shape index (κ3) is 4.46. The van der Waals surface area contributed by atoms with Gasteiger partial charge in [-0.2, -0.15) is 0 Å². The fourth-order valence-electron chi connectivity index (χ4n) is 5.31. The Morgan fingerprint density at radius 1 is 1.19 bits per heavy atom. The van der Waals surface area contributed by atoms with Crippen LogP contribution in [0.3, 0.4) is 0 Å². The monoisotopic (exact) mass is 427 g/mol. The van der Waals surface area contributed by atoms with E-state index in [0.717, 1.165) is 54.2 Å². The molecule has 2 fully saturated rings. The summed E-state index contributed by atoms with van der Waals surface area (Å²) in [5.41, 5.74) is 2.88. The first-order valence-corrected chi connectivity index (χ1v) is 11.7. The number of nitrogens with one attached hydrogen (secondary N) is 1. The van der Waals surface area contributed by atoms with E-state index in [0.29, 0.717) is 12.6 Å². The zero-order valence-electron chi connectivity index (χ0n) is 19.5. The van der Waals surface area contributed by atoms with Gasteiger partial charge in [0.1, 0.15) is 5.75 Å². The molecule has 1 aliphatic heterocycles. The summed E-state index contributed by atoms with van der Waals surface area (Å²) in [5, 5.41) is 4.24. The number of morpholine rings is 1. The molecule has 4 rings (SSSR count). The van der Waals surface area contributed by atoms with Crippen molar-refractivity contribution < 1.29 is 14.3 Å². The maximum atomic E-state index is 13.5. The summed E-state index contributed by atoms with van der Waals surface area (Å²) in [5.74, 6) is 0.794. The minimum Gasteiger partial charge on any atom is -0.497 e. The number of nitrogens with zero attached hydrogens (tertiary/aromatic N) is 2. The van der Waals surface area contributed by atoms with Gasteiger partial charge in [0.05, 0.1) is 25.9 Å². The van der Waals surface area contributed by atoms with Gasteiger partial charge in [0.15, 0.2) is 0 Å². The lowest BCUT2D eigenvalue weighted by atomic mass is 9.95. The standard InChI is InChI=1S/C25H37N3O3/c1-18-23(24(29)26-17-25(2,3)27-12-14-31-15-13-27)21-16-20(30-4)10-11-22(21)28(18)19-8-6-5-7-9-19/h10-11,16,19H,5-9,12-15,17H2,1-4H3,(H,26,29). The van der Waals surface area contributed by atoms with Gasteiger partial charge in [0.2, 0.25) is 0 Å². The molecule has 0 atom stereocenters. The van der Waals surface area contributed by atoms with E-state index in [1.54, 1.807) is 7.11 Å². The zero-order valence-corrected chi connectivity index (χ0v) is 19.5. The molecule has 1 N–H and O–H groups in total. The van der Waals surface area contributed by atoms with E-state index in [1.807, 2.05) is 12.1 Å². The van der Waals surface area contributed by atoms with Gasteiger partial charge in [0.25, 0.3) is 5.91 Å². The predicted octanol–water partition coefficient (Wildman–Crippen LogP) is 4.30. The third-order valence-electron chi connectivity index (χ3n) is 7.17. The number of ether oxygens (including phenoxy) is 2. The molecule has 31 heavy (non-hydrogen) atoms. The minimum atomic E-state index is -0.118. The molecule has 1 aromatic heterocycles. The van der Waals surface area contributed by atoms with E-state index >= 15 is 0 Å². The van der Waals surface area contributed by atoms with Gasteiger partial charge in [-0.25, -0.2) is 0 Å². The van der Waals surface area contributed by atoms with Crippen molar-refractivity contribution in [1.82, 2.24) is 14.8 Å². The number of fused-ring (bicyclic) bond motifs is 1. The van der Waals surface area contributed by atoms with Crippen molar-refractivity contribution in [2.75, 3.05) is 40.0 Å². The fourth-order valence-corrected chi connectivity index (χ4v) is 5.31. The first-order valence-electron chi connectivity index (χ1n) is 11.7. The van der Waals surface area contributed by atoms with E-state index in [-0.39, 0.29) is 11.4 Å². The number of aromatic nitrogens is 1. The quantitative estimate of drug-likeness (QED) is 0.747. The Morgan fingerprint density at radius 3 is 2.58 bits per heavy atom. The van der Waals surface area contributed by atoms with Crippen LogP contribution in [-0.4, -0.2) is 60.9 Å². The number of carbonyl (C=O) groups excluding carboxylic acids is 1. The summed E-state index contributed by atoms with van der Waals surface area (Å²) in [6, 6.07) is 6.61. The van der Waals surface area contributed by atoms with E-state index < -0.39 is 0 Å². The van der Waals surface area contributed by atoms with Gasteiger partial charge in [-0.05, 0) is 51.8 Å². The van der Waals surface area contributed by atoms with Crippen molar-refractivity contribution in [2.24, 2.45) is 0 Å². The van der Waals surface area contributed by atoms with E-state index in [9.17, 15) is 4.79 Å². The molecule has 1 saturated heterocycles. The van der Waals surface area contributed by atoms with Gasteiger partial charge in [-0.1, -0.05) is 19.3 Å². The molecule has 1 aliphatic carbocycles. The molecule has 6 nitrogen and oxygen atoms in total. The molecule has 1 amide bonds. The Balaban J connectivity index is 1.63. The Hall–Kier alpha value is -2.05. The second-order valence-corrected chi connectivity index (χ2v) is 9.60. The smallest absolute Gasteiger partial charge is 0.253 e. The lowest BCUT2D eigenvalue weighted by Gasteiger charge is -2.40. The van der Waals surface area contributed by atoms with Crippen LogP contribution in [0.4, 0.5) is 0 Å². The second kappa shape index (κ2) is 9.21. The van der Waals surface area contributed by atoms with Crippen LogP contribution in [0.5, 0.6) is 5.75 Å². The van der Waals surface area contributed by atoms with Crippen LogP contribution in [0.2, 0.25) is 0 Å². The van der Waals surface area contributed by atoms with E-state index in [4.69, 9.17) is 9.47 Å². The Bertz CT molecular complexity index is 922. The molecular formula is C25H37N3O3. The molecule has 0 unspecified atom stereocenters. The molecule has 170 valence electrons. The average molecular weight is 428 g/mol. The largest absolute Gasteiger partial charge is 0.497 e. The molecule has 0 radical (unpaired) electrons. The number of rotatable bonds is 6. The number of methoxy groups -OCH3 is 1. The summed E-state index contributed by atoms with van der Waals surface area (Å²) in [6.45, 7) is 10.4. The van der Waals surface area contributed by atoms with E-state index in [2.05, 4.69) is 41.6 Å². The summed E-state index contributed by atoms with van der Waals surface area (Å²) >= 11 is 0. The van der Waals surface area contributed by atoms with Crippen molar-refractivity contribution in [3.8, 4) is 5.75 Å². The topological polar surface area (TPSA) is 55.7 Å². The van der Waals surface area contributed by atoms with Crippen molar-refractivity contribution >= 4 is 16.8 Å². The Kier molecular flexibility index (Phi) is 6.58. The van der Waals surface area contributed by atoms with Crippen molar-refractivity contribution in [1.29, 1.82) is 0 Å². The maximum Gasteiger partial charge on any atom is 0.253 e. The number of benzene rings is 1. The second-order valence-electron chi connectivity index (χ2n) is 9.60. The number of amides is 1. The molecule has 1 saturated carbocycles. The molecule has 2 aliphatic rings. The normalized spacial score (nSPS) is 19.0. The summed E-state index contributed by atoms with van der Waals surface area (Å²) in [6.07, 6.45) is 6.19. The molecule has 6 heteroatoms. The van der Waals surface area contributed by atoms with Gasteiger partial charge >= 0.3 is 0 Å². The SMILES string of the molecule is COc1ccc2c(c1)c(C(=O)NCC(C)(C)N1CCOCC1)c(C)n2C1CCCCC1. The van der Waals surface area contributed by atoms with Crippen molar-refractivity contribution in [2.45, 2.75) is 64.5 Å². The van der Waals surface area contributed by atoms with Crippen LogP contribution in [0.15, 0.2) is 18.2 Å². The lowest BCUT2D eigenvalue weighted by Crippen LogP contribution is -2.55. The van der Waals surface area contributed by atoms with Crippen LogP contribution in [0.1, 0.15) is 68.0 Å². The number of hydrogen-bond acceptors (Lipinski definition) is 4. The molecule has 1 aromatic carbocycles. The molecule has 0 spiro atoms. The van der Waals surface area contributed by atoms with Crippen LogP contribution in [0, 0.1) is 6.92 Å². The Morgan fingerprint density at radius 2 is 1.90 bits per heavy atom. The molecule has 2 heterocycles. The van der Waals surface area contributed by atoms with Gasteiger partial charge < -0.3 is 19.4 Å². The highest BCUT2D eigenvalue weighted by Gasteiger charge is 2.30. The van der Waals surface area contributed by atoms with Gasteiger partial charge in [-0.15, -0.1) is 0 Å². The highest BCUT2D eigenvalue weighted by molar-refractivity contribution is 6.08. The third-order valence-corrected chi connectivity index (χ3v) is 7.17. The lowest BCUT2D eigenvalue weighted by molar-refractivity contribution is -0.00923. The van der Waals surface area contributed by atoms with Crippen LogP contribution >= 0.6 is 0 Å². The van der Waals surface area contributed by atoms with E-state index in [1.165, 1.54) is 32.1 Å². The Labute approximate surface area is 185 Å². The predicted molar refractivity (Wildman–Crippen MR) is 124 cm³/mol. The maximum absolute atomic E-state index is 13.5. The molecule has 2 aromatic rings. The molecular weight excluding hydrogens is 390 g/mol. The molecule has 0 bridgehead atoms. The summed E-state index contributed by atoms with van der Waals surface area (Å²) in [7, 11) is 1.68. The highest BCUT2D eigenvalue weighted by Crippen LogP contribution is 2.37. The van der Waals surface area contributed by atoms with Gasteiger partial charge in [0, 0.05) is 47.8 Å². The van der Waals surface area contributed by atoms with Crippen molar-refractivity contribution in [3.05, 3.63) is 29.5 Å². The van der Waals surface area contributed by atoms with Gasteiger partial charge in [-0.3, -0.25) is 9.69 Å². The highest BCUT2D eigenvalue weighted by atomic mass is 16.5. The average Bonchev–Trinajstić information content (AvgIpc) is 3.09. The van der Waals surface area contributed by atoms with Crippen LogP contribution in [-0.2, 0) is 4.74 Å². The van der Waals surface area contributed by atoms with Crippen molar-refractivity contribution in [3.63, 3.8) is 0 Å². The summed E-state index contributed by atoms with van der Waals surface area (Å²) < 4.78 is 13.4. The first kappa shape index (κ1) is 22.2. The number of hydrogen-bond donors (Lipinski definition) is 1. The fraction of sp³-hybridized carbons (Fsp3) is 0.640. The van der Waals surface area contributed by atoms with Crippen LogP contribution in [0.25, 0.3) is 10.9 Å². The number of carbonyl (C=O) groups is 1. The minimum absolute atomic E-state index is 0.00615. The zero-order chi connectivity index (χ0) is 22.0. The first-order chi connectivity index (χ1) is 14.9. The van der Waals surface area contributed by atoms with Crippen LogP contribution < -0.4 is 10.1 Å². The summed E-state index contributed by atoms with van der Waals surface area (Å²) in [4.78, 5) is 15.9.